The predicted molar refractivity (Wildman–Crippen MR) is 162 cm³/mol. The quantitative estimate of drug-likeness (QED) is 0.171. The van der Waals surface area contributed by atoms with Gasteiger partial charge in [-0.25, -0.2) is 4.39 Å². The third-order valence-corrected chi connectivity index (χ3v) is 8.90. The molecular weight excluding hydrogens is 547 g/mol. The number of hydrogen-bond acceptors (Lipinski definition) is 8. The first kappa shape index (κ1) is 30.6. The summed E-state index contributed by atoms with van der Waals surface area (Å²) in [5.41, 5.74) is 2.08. The van der Waals surface area contributed by atoms with E-state index in [9.17, 15) is 19.0 Å². The minimum Gasteiger partial charge on any atom is -0.497 e. The van der Waals surface area contributed by atoms with Crippen molar-refractivity contribution >= 4 is 28.1 Å². The van der Waals surface area contributed by atoms with Gasteiger partial charge >= 0.3 is 0 Å². The van der Waals surface area contributed by atoms with Crippen LogP contribution in [0.25, 0.3) is 0 Å². The molecule has 0 spiro atoms. The van der Waals surface area contributed by atoms with Crippen LogP contribution in [0, 0.1) is 5.82 Å². The maximum atomic E-state index is 15.8. The maximum Gasteiger partial charge on any atom is 0.254 e. The highest BCUT2D eigenvalue weighted by Crippen LogP contribution is 2.52. The van der Waals surface area contributed by atoms with Crippen LogP contribution in [0.4, 0.5) is 15.8 Å². The highest BCUT2D eigenvalue weighted by Gasteiger charge is 2.33. The summed E-state index contributed by atoms with van der Waals surface area (Å²) in [4.78, 5) is 13.6. The van der Waals surface area contributed by atoms with Crippen LogP contribution < -0.4 is 25.0 Å². The van der Waals surface area contributed by atoms with E-state index >= 15 is 4.39 Å². The van der Waals surface area contributed by atoms with E-state index in [0.717, 1.165) is 16.9 Å². The first-order chi connectivity index (χ1) is 19.7. The number of halogens is 1. The Balaban J connectivity index is 1.55. The third-order valence-electron chi connectivity index (χ3n) is 6.98. The predicted octanol–water partition coefficient (Wildman–Crippen LogP) is 4.63. The molecule has 1 amide bonds. The Kier molecular flexibility index (Phi) is 10.5. The molecule has 0 aromatic heterocycles. The second-order valence-electron chi connectivity index (χ2n) is 10.00. The number of benzene rings is 3. The van der Waals surface area contributed by atoms with Crippen LogP contribution in [0.5, 0.6) is 5.75 Å². The molecule has 11 heteroatoms. The lowest BCUT2D eigenvalue weighted by atomic mass is 10.00. The van der Waals surface area contributed by atoms with Crippen molar-refractivity contribution in [1.29, 1.82) is 0 Å². The summed E-state index contributed by atoms with van der Waals surface area (Å²) >= 11 is 0. The molecule has 0 radical (unpaired) electrons. The summed E-state index contributed by atoms with van der Waals surface area (Å²) in [6.45, 7) is 3.32. The van der Waals surface area contributed by atoms with Gasteiger partial charge in [-0.3, -0.25) is 18.2 Å². The Hall–Kier alpha value is -3.35. The SMILES string of the molecule is CCNc1cc(C(=O)N[C@@H](Cc2ccccc2)[C@H](O)CNCc2cccc(OC)c2)c(F)c(N2CCCS2(O)O)c1. The molecular formula is C30H39FN4O5S. The fraction of sp³-hybridized carbons (Fsp3) is 0.367. The van der Waals surface area contributed by atoms with E-state index in [-0.39, 0.29) is 30.1 Å². The number of ether oxygens (including phenoxy) is 1. The Morgan fingerprint density at radius 1 is 1.10 bits per heavy atom. The van der Waals surface area contributed by atoms with Crippen molar-refractivity contribution < 1.29 is 28.1 Å². The fourth-order valence-corrected chi connectivity index (χ4v) is 6.49. The Labute approximate surface area is 242 Å². The van der Waals surface area contributed by atoms with Crippen molar-refractivity contribution in [3.05, 3.63) is 89.2 Å². The van der Waals surface area contributed by atoms with Crippen LogP contribution in [-0.4, -0.2) is 64.8 Å². The van der Waals surface area contributed by atoms with E-state index in [0.29, 0.717) is 31.6 Å². The summed E-state index contributed by atoms with van der Waals surface area (Å²) in [6.07, 6.45) is -0.166. The maximum absolute atomic E-state index is 15.8. The van der Waals surface area contributed by atoms with Crippen LogP contribution in [0.1, 0.15) is 34.8 Å². The van der Waals surface area contributed by atoms with Gasteiger partial charge in [0.15, 0.2) is 5.82 Å². The van der Waals surface area contributed by atoms with Crippen molar-refractivity contribution in [1.82, 2.24) is 10.6 Å². The number of hydrogen-bond donors (Lipinski definition) is 6. The zero-order valence-corrected chi connectivity index (χ0v) is 24.2. The molecule has 1 saturated heterocycles. The topological polar surface area (TPSA) is 126 Å². The van der Waals surface area contributed by atoms with E-state index in [1.165, 1.54) is 16.4 Å². The molecule has 0 saturated carbocycles. The number of aliphatic hydroxyl groups excluding tert-OH is 1. The number of carbonyl (C=O) groups excluding carboxylic acids is 1. The normalized spacial score (nSPS) is 16.6. The van der Waals surface area contributed by atoms with Crippen LogP contribution >= 0.6 is 10.8 Å². The van der Waals surface area contributed by atoms with Crippen molar-refractivity contribution in [2.24, 2.45) is 0 Å². The number of carbonyl (C=O) groups is 1. The van der Waals surface area contributed by atoms with Gasteiger partial charge in [0.05, 0.1) is 36.3 Å². The molecule has 4 rings (SSSR count). The molecule has 0 unspecified atom stereocenters. The van der Waals surface area contributed by atoms with E-state index in [1.54, 1.807) is 7.11 Å². The Bertz CT molecular complexity index is 1310. The lowest BCUT2D eigenvalue weighted by Crippen LogP contribution is -2.48. The minimum atomic E-state index is -3.17. The molecule has 1 aliphatic heterocycles. The number of nitrogens with one attached hydrogen (secondary N) is 3. The van der Waals surface area contributed by atoms with E-state index < -0.39 is 34.6 Å². The van der Waals surface area contributed by atoms with Gasteiger partial charge < -0.3 is 25.8 Å². The fourth-order valence-electron chi connectivity index (χ4n) is 4.88. The highest BCUT2D eigenvalue weighted by molar-refractivity contribution is 8.25. The second-order valence-corrected chi connectivity index (χ2v) is 12.1. The Morgan fingerprint density at radius 3 is 2.54 bits per heavy atom. The van der Waals surface area contributed by atoms with Crippen molar-refractivity contribution in [2.75, 3.05) is 42.1 Å². The molecule has 9 nitrogen and oxygen atoms in total. The number of aliphatic hydroxyl groups is 1. The van der Waals surface area contributed by atoms with Gasteiger partial charge in [-0.15, -0.1) is 10.8 Å². The monoisotopic (exact) mass is 586 g/mol. The third kappa shape index (κ3) is 7.90. The molecule has 3 aromatic carbocycles. The molecule has 222 valence electrons. The first-order valence-corrected chi connectivity index (χ1v) is 15.4. The highest BCUT2D eigenvalue weighted by atomic mass is 32.3. The molecule has 0 aliphatic carbocycles. The number of rotatable bonds is 13. The van der Waals surface area contributed by atoms with Crippen LogP contribution in [0.15, 0.2) is 66.7 Å². The van der Waals surface area contributed by atoms with Gasteiger partial charge in [-0.1, -0.05) is 42.5 Å². The van der Waals surface area contributed by atoms with E-state index in [1.807, 2.05) is 61.5 Å². The summed E-state index contributed by atoms with van der Waals surface area (Å²) < 4.78 is 43.3. The van der Waals surface area contributed by atoms with Crippen LogP contribution in [0.2, 0.25) is 0 Å². The first-order valence-electron chi connectivity index (χ1n) is 13.7. The Morgan fingerprint density at radius 2 is 1.85 bits per heavy atom. The van der Waals surface area contributed by atoms with Gasteiger partial charge in [-0.2, -0.15) is 0 Å². The molecule has 2 atom stereocenters. The molecule has 41 heavy (non-hydrogen) atoms. The average molecular weight is 587 g/mol. The zero-order valence-electron chi connectivity index (χ0n) is 23.3. The summed E-state index contributed by atoms with van der Waals surface area (Å²) in [5, 5.41) is 20.3. The summed E-state index contributed by atoms with van der Waals surface area (Å²) in [5.74, 6) is -0.662. The van der Waals surface area contributed by atoms with Gasteiger partial charge in [0.2, 0.25) is 0 Å². The molecule has 3 aromatic rings. The van der Waals surface area contributed by atoms with E-state index in [4.69, 9.17) is 4.74 Å². The molecule has 1 aliphatic rings. The number of nitrogens with zero attached hydrogens (tertiary/aromatic N) is 1. The molecule has 1 fully saturated rings. The summed E-state index contributed by atoms with van der Waals surface area (Å²) in [6, 6.07) is 19.2. The van der Waals surface area contributed by atoms with Gasteiger partial charge in [0, 0.05) is 31.9 Å². The van der Waals surface area contributed by atoms with Gasteiger partial charge in [0.1, 0.15) is 5.75 Å². The average Bonchev–Trinajstić information content (AvgIpc) is 3.32. The lowest BCUT2D eigenvalue weighted by molar-refractivity contribution is 0.0826. The van der Waals surface area contributed by atoms with Gasteiger partial charge in [0.25, 0.3) is 5.91 Å². The van der Waals surface area contributed by atoms with Crippen molar-refractivity contribution in [3.63, 3.8) is 0 Å². The zero-order chi connectivity index (χ0) is 29.4. The summed E-state index contributed by atoms with van der Waals surface area (Å²) in [7, 11) is -1.57. The van der Waals surface area contributed by atoms with Crippen molar-refractivity contribution in [3.8, 4) is 5.75 Å². The molecule has 0 bridgehead atoms. The second kappa shape index (κ2) is 14.0. The number of anilines is 2. The van der Waals surface area contributed by atoms with Gasteiger partial charge in [-0.05, 0) is 55.2 Å². The number of amides is 1. The minimum absolute atomic E-state index is 0.0359. The van der Waals surface area contributed by atoms with Crippen LogP contribution in [0.3, 0.4) is 0 Å². The molecule has 1 heterocycles. The lowest BCUT2D eigenvalue weighted by Gasteiger charge is -2.38. The number of methoxy groups -OCH3 is 1. The standard InChI is InChI=1S/C30H39FN4O5S/c1-3-33-23-17-25(29(31)27(18-23)35-13-8-14-41(35,38)39)30(37)34-26(16-21-9-5-4-6-10-21)28(36)20-32-19-22-11-7-12-24(15-22)40-2/h4-7,9-12,15,17-18,26,28,32-33,36,38-39H,3,8,13-14,16,19-20H2,1-2H3,(H,34,37)/t26-,28+/m0/s1. The smallest absolute Gasteiger partial charge is 0.254 e. The van der Waals surface area contributed by atoms with E-state index in [2.05, 4.69) is 16.0 Å². The van der Waals surface area contributed by atoms with Crippen molar-refractivity contribution in [2.45, 2.75) is 38.5 Å². The molecule has 6 N–H and O–H groups in total. The largest absolute Gasteiger partial charge is 0.497 e. The van der Waals surface area contributed by atoms with Crippen LogP contribution in [-0.2, 0) is 13.0 Å².